The summed E-state index contributed by atoms with van der Waals surface area (Å²) in [5.74, 6) is 1.29. The predicted molar refractivity (Wildman–Crippen MR) is 115 cm³/mol. The van der Waals surface area contributed by atoms with Gasteiger partial charge in [-0.25, -0.2) is 0 Å². The van der Waals surface area contributed by atoms with Gasteiger partial charge in [-0.2, -0.15) is 13.2 Å². The van der Waals surface area contributed by atoms with Crippen molar-refractivity contribution in [2.24, 2.45) is 0 Å². The normalized spacial score (nSPS) is 16.5. The van der Waals surface area contributed by atoms with Gasteiger partial charge in [0.05, 0.1) is 11.6 Å². The Bertz CT molecular complexity index is 983. The van der Waals surface area contributed by atoms with E-state index in [0.29, 0.717) is 24.6 Å². The Kier molecular flexibility index (Phi) is 6.59. The average Bonchev–Trinajstić information content (AvgIpc) is 3.04. The fourth-order valence-electron chi connectivity index (χ4n) is 4.08. The van der Waals surface area contributed by atoms with E-state index in [-0.39, 0.29) is 5.56 Å². The SMILES string of the molecule is FC(F)(F)c1ccccc1C(c1cccc(Oc2ccccc2)c1)N1CCCNCC1. The van der Waals surface area contributed by atoms with Crippen molar-refractivity contribution in [3.05, 3.63) is 95.6 Å². The summed E-state index contributed by atoms with van der Waals surface area (Å²) in [6, 6.07) is 22.1. The quantitative estimate of drug-likeness (QED) is 0.551. The second kappa shape index (κ2) is 9.54. The van der Waals surface area contributed by atoms with Crippen molar-refractivity contribution in [1.29, 1.82) is 0 Å². The Morgan fingerprint density at radius 2 is 1.55 bits per heavy atom. The first-order valence-electron chi connectivity index (χ1n) is 10.5. The fraction of sp³-hybridized carbons (Fsp3) is 0.280. The molecule has 1 heterocycles. The number of ether oxygens (including phenoxy) is 1. The predicted octanol–water partition coefficient (Wildman–Crippen LogP) is 5.88. The minimum atomic E-state index is -4.42. The van der Waals surface area contributed by atoms with E-state index in [1.54, 1.807) is 12.1 Å². The van der Waals surface area contributed by atoms with Crippen LogP contribution in [0.2, 0.25) is 0 Å². The number of nitrogens with one attached hydrogen (secondary N) is 1. The second-order valence-electron chi connectivity index (χ2n) is 7.61. The van der Waals surface area contributed by atoms with Crippen LogP contribution in [0.15, 0.2) is 78.9 Å². The number of benzene rings is 3. The van der Waals surface area contributed by atoms with Crippen molar-refractivity contribution in [2.75, 3.05) is 26.2 Å². The lowest BCUT2D eigenvalue weighted by atomic mass is 9.92. The van der Waals surface area contributed by atoms with E-state index in [9.17, 15) is 13.2 Å². The molecule has 31 heavy (non-hydrogen) atoms. The van der Waals surface area contributed by atoms with Gasteiger partial charge in [-0.3, -0.25) is 4.90 Å². The van der Waals surface area contributed by atoms with Crippen LogP contribution in [0.3, 0.4) is 0 Å². The molecular formula is C25H25F3N2O. The van der Waals surface area contributed by atoms with Gasteiger partial charge >= 0.3 is 6.18 Å². The van der Waals surface area contributed by atoms with Crippen LogP contribution in [0.25, 0.3) is 0 Å². The first-order valence-corrected chi connectivity index (χ1v) is 10.5. The zero-order chi connectivity index (χ0) is 21.7. The Morgan fingerprint density at radius 3 is 2.35 bits per heavy atom. The maximum atomic E-state index is 13.9. The molecule has 1 aliphatic heterocycles. The van der Waals surface area contributed by atoms with Crippen LogP contribution in [0.5, 0.6) is 11.5 Å². The summed E-state index contributed by atoms with van der Waals surface area (Å²) in [6.45, 7) is 2.99. The molecule has 0 saturated carbocycles. The fourth-order valence-corrected chi connectivity index (χ4v) is 4.08. The van der Waals surface area contributed by atoms with Crippen molar-refractivity contribution in [3.8, 4) is 11.5 Å². The maximum absolute atomic E-state index is 13.9. The standard InChI is InChI=1S/C25H25F3N2O/c26-25(27,28)23-13-5-4-12-22(23)24(30-16-7-14-29-15-17-30)19-8-6-11-21(18-19)31-20-9-2-1-3-10-20/h1-6,8-13,18,24,29H,7,14-17H2. The smallest absolute Gasteiger partial charge is 0.416 e. The molecule has 1 fully saturated rings. The van der Waals surface area contributed by atoms with E-state index in [4.69, 9.17) is 4.74 Å². The molecule has 1 aliphatic rings. The van der Waals surface area contributed by atoms with Crippen LogP contribution in [0.1, 0.15) is 29.2 Å². The summed E-state index contributed by atoms with van der Waals surface area (Å²) in [7, 11) is 0. The van der Waals surface area contributed by atoms with Crippen LogP contribution < -0.4 is 10.1 Å². The Hall–Kier alpha value is -2.83. The van der Waals surface area contributed by atoms with Crippen LogP contribution in [-0.2, 0) is 6.18 Å². The van der Waals surface area contributed by atoms with Gasteiger partial charge in [-0.1, -0.05) is 48.5 Å². The monoisotopic (exact) mass is 426 g/mol. The van der Waals surface area contributed by atoms with Crippen molar-refractivity contribution >= 4 is 0 Å². The van der Waals surface area contributed by atoms with E-state index in [0.717, 1.165) is 25.1 Å². The van der Waals surface area contributed by atoms with Crippen molar-refractivity contribution in [1.82, 2.24) is 10.2 Å². The average molecular weight is 426 g/mol. The third-order valence-corrected chi connectivity index (χ3v) is 5.45. The van der Waals surface area contributed by atoms with Gasteiger partial charge < -0.3 is 10.1 Å². The lowest BCUT2D eigenvalue weighted by Crippen LogP contribution is -2.34. The van der Waals surface area contributed by atoms with Gasteiger partial charge in [0.15, 0.2) is 0 Å². The minimum absolute atomic E-state index is 0.272. The Balaban J connectivity index is 1.76. The lowest BCUT2D eigenvalue weighted by molar-refractivity contribution is -0.138. The number of hydrogen-bond donors (Lipinski definition) is 1. The Labute approximate surface area is 180 Å². The molecule has 1 atom stereocenters. The van der Waals surface area contributed by atoms with Crippen molar-refractivity contribution in [3.63, 3.8) is 0 Å². The van der Waals surface area contributed by atoms with Crippen LogP contribution in [0, 0.1) is 0 Å². The molecule has 3 aromatic carbocycles. The molecule has 1 saturated heterocycles. The molecule has 0 spiro atoms. The number of nitrogens with zero attached hydrogens (tertiary/aromatic N) is 1. The first kappa shape index (κ1) is 21.4. The van der Waals surface area contributed by atoms with Crippen LogP contribution >= 0.6 is 0 Å². The lowest BCUT2D eigenvalue weighted by Gasteiger charge is -2.33. The molecule has 1 N–H and O–H groups in total. The van der Waals surface area contributed by atoms with Gasteiger partial charge in [0.2, 0.25) is 0 Å². The van der Waals surface area contributed by atoms with Crippen LogP contribution in [-0.4, -0.2) is 31.1 Å². The van der Waals surface area contributed by atoms with Gasteiger partial charge in [0.1, 0.15) is 11.5 Å². The number of alkyl halides is 3. The highest BCUT2D eigenvalue weighted by Crippen LogP contribution is 2.40. The van der Waals surface area contributed by atoms with Crippen LogP contribution in [0.4, 0.5) is 13.2 Å². The molecule has 0 amide bonds. The third-order valence-electron chi connectivity index (χ3n) is 5.45. The van der Waals surface area contributed by atoms with Gasteiger partial charge in [-0.15, -0.1) is 0 Å². The van der Waals surface area contributed by atoms with E-state index in [1.807, 2.05) is 54.6 Å². The van der Waals surface area contributed by atoms with Gasteiger partial charge in [-0.05, 0) is 54.4 Å². The van der Waals surface area contributed by atoms with E-state index < -0.39 is 17.8 Å². The first-order chi connectivity index (χ1) is 15.0. The number of hydrogen-bond acceptors (Lipinski definition) is 3. The van der Waals surface area contributed by atoms with E-state index in [2.05, 4.69) is 10.2 Å². The number of rotatable bonds is 5. The molecule has 1 unspecified atom stereocenters. The molecule has 0 aliphatic carbocycles. The summed E-state index contributed by atoms with van der Waals surface area (Å²) in [4.78, 5) is 2.13. The van der Waals surface area contributed by atoms with Crippen molar-refractivity contribution < 1.29 is 17.9 Å². The molecule has 162 valence electrons. The molecule has 3 aromatic rings. The molecule has 3 nitrogen and oxygen atoms in total. The third kappa shape index (κ3) is 5.27. The summed E-state index contributed by atoms with van der Waals surface area (Å²) >= 11 is 0. The summed E-state index contributed by atoms with van der Waals surface area (Å²) in [6.07, 6.45) is -3.54. The maximum Gasteiger partial charge on any atom is 0.416 e. The molecule has 0 bridgehead atoms. The highest BCUT2D eigenvalue weighted by molar-refractivity contribution is 5.42. The largest absolute Gasteiger partial charge is 0.457 e. The van der Waals surface area contributed by atoms with Gasteiger partial charge in [0, 0.05) is 19.6 Å². The summed E-state index contributed by atoms with van der Waals surface area (Å²) in [5.41, 5.74) is 0.465. The molecule has 0 radical (unpaired) electrons. The second-order valence-corrected chi connectivity index (χ2v) is 7.61. The molecule has 4 rings (SSSR count). The highest BCUT2D eigenvalue weighted by atomic mass is 19.4. The zero-order valence-electron chi connectivity index (χ0n) is 17.1. The Morgan fingerprint density at radius 1 is 0.806 bits per heavy atom. The van der Waals surface area contributed by atoms with E-state index in [1.165, 1.54) is 12.1 Å². The number of para-hydroxylation sites is 1. The van der Waals surface area contributed by atoms with E-state index >= 15 is 0 Å². The topological polar surface area (TPSA) is 24.5 Å². The number of halogens is 3. The molecule has 6 heteroatoms. The molecule has 0 aromatic heterocycles. The summed E-state index contributed by atoms with van der Waals surface area (Å²) in [5, 5.41) is 3.34. The van der Waals surface area contributed by atoms with Gasteiger partial charge in [0.25, 0.3) is 0 Å². The zero-order valence-corrected chi connectivity index (χ0v) is 17.1. The summed E-state index contributed by atoms with van der Waals surface area (Å²) < 4.78 is 47.6. The van der Waals surface area contributed by atoms with Crippen molar-refractivity contribution in [2.45, 2.75) is 18.6 Å². The molecular weight excluding hydrogens is 401 g/mol. The highest BCUT2D eigenvalue weighted by Gasteiger charge is 2.37. The minimum Gasteiger partial charge on any atom is -0.457 e.